The molecule has 0 aliphatic rings. The molecule has 1 heterocycles. The molecule has 3 nitrogen and oxygen atoms in total. The molecule has 3 heteroatoms. The van der Waals surface area contributed by atoms with Crippen LogP contribution in [0.15, 0.2) is 65.1 Å². The second-order valence-electron chi connectivity index (χ2n) is 4.48. The van der Waals surface area contributed by atoms with Gasteiger partial charge in [-0.3, -0.25) is 4.79 Å². The number of rotatable bonds is 5. The minimum absolute atomic E-state index is 0.0443. The third kappa shape index (κ3) is 2.72. The maximum Gasteiger partial charge on any atom is 0.201 e. The lowest BCUT2D eigenvalue weighted by molar-refractivity contribution is 0.0937. The third-order valence-electron chi connectivity index (χ3n) is 3.04. The van der Waals surface area contributed by atoms with E-state index in [1.807, 2.05) is 54.6 Å². The first-order valence-corrected chi connectivity index (χ1v) is 6.52. The van der Waals surface area contributed by atoms with Crippen molar-refractivity contribution in [2.24, 2.45) is 0 Å². The molecule has 0 aliphatic heterocycles. The average molecular weight is 266 g/mol. The highest BCUT2D eigenvalue weighted by molar-refractivity contribution is 5.97. The Kier molecular flexibility index (Phi) is 3.50. The van der Waals surface area contributed by atoms with Crippen LogP contribution in [0.1, 0.15) is 17.0 Å². The van der Waals surface area contributed by atoms with E-state index in [-0.39, 0.29) is 5.78 Å². The first-order valence-electron chi connectivity index (χ1n) is 6.52. The lowest BCUT2D eigenvalue weighted by atomic mass is 10.2. The van der Waals surface area contributed by atoms with Gasteiger partial charge in [-0.05, 0) is 24.3 Å². The number of Topliss-reactive ketones (excluding diaryl/α,β-unsaturated/α-hetero) is 1. The lowest BCUT2D eigenvalue weighted by Crippen LogP contribution is -2.05. The molecule has 0 N–H and O–H groups in total. The molecule has 1 aromatic heterocycles. The van der Waals surface area contributed by atoms with E-state index < -0.39 is 0 Å². The number of fused-ring (bicyclic) bond motifs is 1. The molecular formula is C17H14O3. The number of ether oxygens (including phenoxy) is 1. The van der Waals surface area contributed by atoms with Gasteiger partial charge in [0.15, 0.2) is 5.76 Å². The van der Waals surface area contributed by atoms with Gasteiger partial charge in [-0.1, -0.05) is 36.4 Å². The predicted octanol–water partition coefficient (Wildman–Crippen LogP) is 4.08. The minimum atomic E-state index is -0.0443. The van der Waals surface area contributed by atoms with Gasteiger partial charge in [0.05, 0.1) is 6.61 Å². The molecule has 0 saturated heterocycles. The summed E-state index contributed by atoms with van der Waals surface area (Å²) in [6.45, 7) is 0.347. The standard InChI is InChI=1S/C17H14O3/c18-15(10-11-19-14-7-2-1-3-8-14)17-12-13-6-4-5-9-16(13)20-17/h1-9,12H,10-11H2. The van der Waals surface area contributed by atoms with E-state index in [9.17, 15) is 4.79 Å². The highest BCUT2D eigenvalue weighted by atomic mass is 16.5. The van der Waals surface area contributed by atoms with Crippen LogP contribution < -0.4 is 4.74 Å². The fourth-order valence-electron chi connectivity index (χ4n) is 2.02. The SMILES string of the molecule is O=C(CCOc1ccccc1)c1cc2ccccc2o1. The average Bonchev–Trinajstić information content (AvgIpc) is 2.92. The highest BCUT2D eigenvalue weighted by Crippen LogP contribution is 2.20. The van der Waals surface area contributed by atoms with Crippen LogP contribution in [0.5, 0.6) is 5.75 Å². The summed E-state index contributed by atoms with van der Waals surface area (Å²) in [7, 11) is 0. The van der Waals surface area contributed by atoms with Crippen molar-refractivity contribution >= 4 is 16.8 Å². The number of hydrogen-bond acceptors (Lipinski definition) is 3. The zero-order chi connectivity index (χ0) is 13.8. The fraction of sp³-hybridized carbons (Fsp3) is 0.118. The van der Waals surface area contributed by atoms with E-state index in [1.54, 1.807) is 6.07 Å². The van der Waals surface area contributed by atoms with E-state index in [0.29, 0.717) is 18.8 Å². The minimum Gasteiger partial charge on any atom is -0.493 e. The van der Waals surface area contributed by atoms with Gasteiger partial charge in [-0.2, -0.15) is 0 Å². The van der Waals surface area contributed by atoms with Crippen molar-refractivity contribution in [1.82, 2.24) is 0 Å². The number of furan rings is 1. The van der Waals surface area contributed by atoms with Crippen LogP contribution in [0.3, 0.4) is 0 Å². The molecule has 0 amide bonds. The summed E-state index contributed by atoms with van der Waals surface area (Å²) in [5.41, 5.74) is 0.736. The molecule has 0 spiro atoms. The van der Waals surface area contributed by atoms with Crippen molar-refractivity contribution < 1.29 is 13.9 Å². The predicted molar refractivity (Wildman–Crippen MR) is 77.1 cm³/mol. The molecule has 100 valence electrons. The summed E-state index contributed by atoms with van der Waals surface area (Å²) >= 11 is 0. The quantitative estimate of drug-likeness (QED) is 0.653. The Bertz CT molecular complexity index is 680. The van der Waals surface area contributed by atoms with Gasteiger partial charge in [0.2, 0.25) is 5.78 Å². The molecular weight excluding hydrogens is 252 g/mol. The van der Waals surface area contributed by atoms with Crippen LogP contribution >= 0.6 is 0 Å². The number of benzene rings is 2. The Balaban J connectivity index is 1.61. The molecule has 2 aromatic carbocycles. The van der Waals surface area contributed by atoms with E-state index in [4.69, 9.17) is 9.15 Å². The Hall–Kier alpha value is -2.55. The summed E-state index contributed by atoms with van der Waals surface area (Å²) < 4.78 is 11.0. The molecule has 0 unspecified atom stereocenters. The summed E-state index contributed by atoms with van der Waals surface area (Å²) in [5.74, 6) is 1.12. The molecule has 3 aromatic rings. The maximum atomic E-state index is 12.0. The van der Waals surface area contributed by atoms with E-state index in [1.165, 1.54) is 0 Å². The van der Waals surface area contributed by atoms with Crippen molar-refractivity contribution in [1.29, 1.82) is 0 Å². The summed E-state index contributed by atoms with van der Waals surface area (Å²) in [5, 5.41) is 0.944. The van der Waals surface area contributed by atoms with Gasteiger partial charge < -0.3 is 9.15 Å². The second kappa shape index (κ2) is 5.61. The second-order valence-corrected chi connectivity index (χ2v) is 4.48. The van der Waals surface area contributed by atoms with Crippen LogP contribution in [-0.4, -0.2) is 12.4 Å². The van der Waals surface area contributed by atoms with Crippen LogP contribution in [-0.2, 0) is 0 Å². The lowest BCUT2D eigenvalue weighted by Gasteiger charge is -2.03. The van der Waals surface area contributed by atoms with Crippen molar-refractivity contribution in [3.05, 3.63) is 66.4 Å². The molecule has 0 saturated carbocycles. The fourth-order valence-corrected chi connectivity index (χ4v) is 2.02. The Morgan fingerprint density at radius 1 is 1.00 bits per heavy atom. The zero-order valence-electron chi connectivity index (χ0n) is 10.9. The molecule has 20 heavy (non-hydrogen) atoms. The summed E-state index contributed by atoms with van der Waals surface area (Å²) in [6.07, 6.45) is 0.300. The summed E-state index contributed by atoms with van der Waals surface area (Å²) in [4.78, 5) is 12.0. The van der Waals surface area contributed by atoms with Gasteiger partial charge in [0, 0.05) is 11.8 Å². The van der Waals surface area contributed by atoms with Crippen molar-refractivity contribution in [3.8, 4) is 5.75 Å². The normalized spacial score (nSPS) is 10.6. The van der Waals surface area contributed by atoms with Gasteiger partial charge >= 0.3 is 0 Å². The molecule has 0 fully saturated rings. The summed E-state index contributed by atoms with van der Waals surface area (Å²) in [6, 6.07) is 18.8. The Morgan fingerprint density at radius 2 is 1.75 bits per heavy atom. The Morgan fingerprint density at radius 3 is 2.55 bits per heavy atom. The number of carbonyl (C=O) groups is 1. The van der Waals surface area contributed by atoms with Crippen LogP contribution in [0.25, 0.3) is 11.0 Å². The monoisotopic (exact) mass is 266 g/mol. The first kappa shape index (κ1) is 12.5. The van der Waals surface area contributed by atoms with Gasteiger partial charge in [-0.25, -0.2) is 0 Å². The molecule has 3 rings (SSSR count). The first-order chi connectivity index (χ1) is 9.83. The van der Waals surface area contributed by atoms with Crippen LogP contribution in [0, 0.1) is 0 Å². The van der Waals surface area contributed by atoms with Crippen molar-refractivity contribution in [2.45, 2.75) is 6.42 Å². The molecule has 0 aliphatic carbocycles. The smallest absolute Gasteiger partial charge is 0.201 e. The highest BCUT2D eigenvalue weighted by Gasteiger charge is 2.12. The van der Waals surface area contributed by atoms with Crippen LogP contribution in [0.4, 0.5) is 0 Å². The number of hydrogen-bond donors (Lipinski definition) is 0. The molecule has 0 atom stereocenters. The third-order valence-corrected chi connectivity index (χ3v) is 3.04. The largest absolute Gasteiger partial charge is 0.493 e. The van der Waals surface area contributed by atoms with Crippen molar-refractivity contribution in [3.63, 3.8) is 0 Å². The van der Waals surface area contributed by atoms with E-state index in [2.05, 4.69) is 0 Å². The van der Waals surface area contributed by atoms with Gasteiger partial charge in [0.25, 0.3) is 0 Å². The van der Waals surface area contributed by atoms with E-state index in [0.717, 1.165) is 16.7 Å². The van der Waals surface area contributed by atoms with Gasteiger partial charge in [-0.15, -0.1) is 0 Å². The van der Waals surface area contributed by atoms with Crippen molar-refractivity contribution in [2.75, 3.05) is 6.61 Å². The number of para-hydroxylation sites is 2. The molecule has 0 bridgehead atoms. The number of carbonyl (C=O) groups excluding carboxylic acids is 1. The maximum absolute atomic E-state index is 12.0. The zero-order valence-corrected chi connectivity index (χ0v) is 10.9. The number of ketones is 1. The Labute approximate surface area is 116 Å². The van der Waals surface area contributed by atoms with Crippen LogP contribution in [0.2, 0.25) is 0 Å². The van der Waals surface area contributed by atoms with Gasteiger partial charge in [0.1, 0.15) is 11.3 Å². The molecule has 0 radical (unpaired) electrons. The van der Waals surface area contributed by atoms with E-state index >= 15 is 0 Å². The topological polar surface area (TPSA) is 39.4 Å².